The van der Waals surface area contributed by atoms with E-state index in [9.17, 15) is 30.2 Å². The molecule has 16 aromatic rings. The maximum atomic E-state index is 11.3. The van der Waals surface area contributed by atoms with Gasteiger partial charge in [0.2, 0.25) is 0 Å². The molecule has 4 heterocycles. The van der Waals surface area contributed by atoms with Crippen molar-refractivity contribution in [2.45, 2.75) is 117 Å². The average Bonchev–Trinajstić information content (AvgIpc) is 1.39. The highest BCUT2D eigenvalue weighted by Gasteiger charge is 2.43. The Labute approximate surface area is 672 Å². The van der Waals surface area contributed by atoms with Crippen molar-refractivity contribution in [1.82, 2.24) is 14.1 Å². The fraction of sp³-hybridized carbons (Fsp3) is 0.176. The van der Waals surface area contributed by atoms with E-state index in [1.54, 1.807) is 47.2 Å². The van der Waals surface area contributed by atoms with Crippen molar-refractivity contribution < 1.29 is 43.6 Å². The van der Waals surface area contributed by atoms with Gasteiger partial charge >= 0.3 is 0 Å². The van der Waals surface area contributed by atoms with Gasteiger partial charge in [0.1, 0.15) is 17.3 Å². The van der Waals surface area contributed by atoms with E-state index in [-0.39, 0.29) is 38.7 Å². The summed E-state index contributed by atoms with van der Waals surface area (Å²) < 4.78 is 255. The molecule has 0 radical (unpaired) electrons. The van der Waals surface area contributed by atoms with Crippen molar-refractivity contribution in [3.8, 4) is 95.5 Å². The highest BCUT2D eigenvalue weighted by atomic mass is 28.3. The molecular weight excluding hydrogens is 1330 g/mol. The zero-order valence-electron chi connectivity index (χ0n) is 86.5. The van der Waals surface area contributed by atoms with E-state index in [1.165, 1.54) is 18.2 Å². The van der Waals surface area contributed by atoms with Crippen LogP contribution in [0.4, 0.5) is 0 Å². The van der Waals surface area contributed by atoms with Gasteiger partial charge in [-0.05, 0) is 242 Å². The fourth-order valence-corrected chi connectivity index (χ4v) is 19.8. The number of aromatic nitrogens is 4. The van der Waals surface area contributed by atoms with Crippen LogP contribution in [0, 0.1) is 20.0 Å². The van der Waals surface area contributed by atoms with Gasteiger partial charge in [-0.25, -0.2) is 4.98 Å². The van der Waals surface area contributed by atoms with Crippen LogP contribution in [0.5, 0.6) is 11.5 Å². The topological polar surface area (TPSA) is 35.9 Å². The van der Waals surface area contributed by atoms with Gasteiger partial charge in [0.25, 0.3) is 6.33 Å². The molecule has 0 fully saturated rings. The first-order valence-corrected chi connectivity index (χ1v) is 38.3. The molecule has 3 aromatic heterocycles. The van der Waals surface area contributed by atoms with E-state index in [1.807, 2.05) is 108 Å². The van der Waals surface area contributed by atoms with E-state index in [0.29, 0.717) is 78.7 Å². The highest BCUT2D eigenvalue weighted by molar-refractivity contribution is 7.20. The van der Waals surface area contributed by atoms with Crippen LogP contribution in [-0.2, 0) is 21.7 Å². The molecule has 5 nitrogen and oxygen atoms in total. The summed E-state index contributed by atoms with van der Waals surface area (Å²) in [4.78, 5) is 4.94. The number of imidazole rings is 1. The summed E-state index contributed by atoms with van der Waals surface area (Å²) in [5.74, 6) is 1.40. The minimum Gasteiger partial charge on any atom is -0.458 e. The zero-order chi connectivity index (χ0) is 95.7. The second-order valence-electron chi connectivity index (χ2n) is 31.7. The van der Waals surface area contributed by atoms with E-state index < -0.39 is 179 Å². The number of benzene rings is 13. The third kappa shape index (κ3) is 11.4. The zero-order valence-corrected chi connectivity index (χ0v) is 62.5. The average molecular weight is 1440 g/mol. The molecule has 1 aliphatic carbocycles. The number of nitrogens with zero attached hydrogens (tertiary/aromatic N) is 4. The van der Waals surface area contributed by atoms with Crippen LogP contribution in [0.1, 0.15) is 150 Å². The first-order chi connectivity index (χ1) is 62.4. The van der Waals surface area contributed by atoms with Gasteiger partial charge in [0, 0.05) is 31.3 Å². The lowest BCUT2D eigenvalue weighted by Gasteiger charge is -2.42. The van der Waals surface area contributed by atoms with Gasteiger partial charge in [-0.3, -0.25) is 13.7 Å². The first kappa shape index (κ1) is 45.7. The molecule has 2 aliphatic rings. The molecule has 1 aliphatic heterocycles. The Balaban J connectivity index is 1.04. The van der Waals surface area contributed by atoms with Crippen molar-refractivity contribution in [3.05, 3.63) is 343 Å². The number of fused-ring (bicyclic) bond motifs is 11. The molecule has 108 heavy (non-hydrogen) atoms. The molecule has 0 N–H and O–H groups in total. The predicted molar refractivity (Wildman–Crippen MR) is 454 cm³/mol. The molecule has 528 valence electrons. The van der Waals surface area contributed by atoms with E-state index >= 15 is 0 Å². The van der Waals surface area contributed by atoms with Gasteiger partial charge in [0.15, 0.2) is 8.07 Å². The second-order valence-corrected chi connectivity index (χ2v) is 35.2. The largest absolute Gasteiger partial charge is 0.458 e. The predicted octanol–water partition coefficient (Wildman–Crippen LogP) is 23.2. The second kappa shape index (κ2) is 25.8. The molecule has 0 amide bonds. The number of pyridine rings is 1. The summed E-state index contributed by atoms with van der Waals surface area (Å²) in [6.07, 6.45) is 7.20. The maximum Gasteiger partial charge on any atom is 0.269 e. The van der Waals surface area contributed by atoms with Crippen molar-refractivity contribution in [3.63, 3.8) is 0 Å². The fourth-order valence-electron chi connectivity index (χ4n) is 16.2. The normalized spacial score (nSPS) is 17.3. The van der Waals surface area contributed by atoms with Gasteiger partial charge in [-0.2, -0.15) is 0 Å². The number of aryl methyl sites for hydroxylation is 2. The quantitative estimate of drug-likeness (QED) is 0.0560. The van der Waals surface area contributed by atoms with Crippen LogP contribution in [-0.4, -0.2) is 22.2 Å². The summed E-state index contributed by atoms with van der Waals surface area (Å²) in [7, 11) is -6.42. The van der Waals surface area contributed by atoms with Gasteiger partial charge in [-0.15, -0.1) is 0 Å². The van der Waals surface area contributed by atoms with Crippen LogP contribution < -0.4 is 30.1 Å². The molecule has 18 rings (SSSR count). The Hall–Kier alpha value is -11.7. The Kier molecular flexibility index (Phi) is 10.9. The Morgan fingerprint density at radius 3 is 1.68 bits per heavy atom. The molecule has 0 atom stereocenters. The van der Waals surface area contributed by atoms with E-state index in [4.69, 9.17) is 13.8 Å². The molecule has 0 unspecified atom stereocenters. The number of hydrogen-bond donors (Lipinski definition) is 0. The standard InChI is InChI=1S/C102H90N4OSi/c1-66-29-26-30-67(2)96(66)71-57-85(68-45-47-72(48-46-68)99(3,4)5)97-89(58-71)87-64-91-90(101(9,10)52-53-102(91,11)12)63-86(87)81-41-22-23-42-82(81)88-56-70(69-31-27-40-80(55-69)108(77-34-16-13-17-35-77,78-36-18-14-19-37-78)79-38-20-15-21-39-79)59-94-98(88)105(97)65-104(94)74-32-28-33-75(61-74)107-76-49-50-84-83-43-24-25-44-92(83)106(93(84)62-76)95-60-73(51-54-103-95)100(6,7)8/h13-51,54-64H,52-53H2,1-12H3/i1D3,2D3,13D,14D,15D,16D,17D,18D,19D,20D,21D,27D,31D,34D,35D,36D,37D,38D,39D,40D,55D. The van der Waals surface area contributed by atoms with Crippen LogP contribution in [0.2, 0.25) is 0 Å². The monoisotopic (exact) mass is 1440 g/mol. The van der Waals surface area contributed by atoms with Gasteiger partial charge in [0.05, 0.1) is 59.5 Å². The van der Waals surface area contributed by atoms with Crippen molar-refractivity contribution in [1.29, 1.82) is 0 Å². The lowest BCUT2D eigenvalue weighted by Crippen LogP contribution is -2.74. The molecular formula is C102H90N4OSi. The summed E-state index contributed by atoms with van der Waals surface area (Å²) >= 11 is 0. The van der Waals surface area contributed by atoms with Gasteiger partial charge in [-0.1, -0.05) is 287 Å². The van der Waals surface area contributed by atoms with Crippen molar-refractivity contribution in [2.24, 2.45) is 0 Å². The third-order valence-electron chi connectivity index (χ3n) is 22.0. The maximum absolute atomic E-state index is 11.3. The van der Waals surface area contributed by atoms with E-state index in [0.717, 1.165) is 56.9 Å². The minimum atomic E-state index is -6.42. The Morgan fingerprint density at radius 2 is 1.03 bits per heavy atom. The molecule has 0 saturated heterocycles. The lowest BCUT2D eigenvalue weighted by atomic mass is 9.62. The van der Waals surface area contributed by atoms with Crippen molar-refractivity contribution >= 4 is 61.7 Å². The molecule has 0 bridgehead atoms. The summed E-state index contributed by atoms with van der Waals surface area (Å²) in [5.41, 5.74) is 8.69. The molecule has 0 saturated carbocycles. The van der Waals surface area contributed by atoms with Crippen LogP contribution >= 0.6 is 0 Å². The number of para-hydroxylation sites is 1. The Bertz CT molecular complexity index is 7430. The minimum absolute atomic E-state index is 0.0364. The Morgan fingerprint density at radius 1 is 0.454 bits per heavy atom. The summed E-state index contributed by atoms with van der Waals surface area (Å²) in [5, 5.41) is -2.07. The number of ether oxygens (including phenoxy) is 1. The molecule has 6 heteroatoms. The smallest absolute Gasteiger partial charge is 0.269 e. The van der Waals surface area contributed by atoms with Crippen LogP contribution in [0.25, 0.3) is 117 Å². The summed E-state index contributed by atoms with van der Waals surface area (Å²) in [6.45, 7) is 15.7. The van der Waals surface area contributed by atoms with Crippen molar-refractivity contribution in [2.75, 3.05) is 0 Å². The number of hydrogen-bond acceptors (Lipinski definition) is 2. The molecule has 13 aromatic carbocycles. The molecule has 0 spiro atoms. The van der Waals surface area contributed by atoms with Crippen LogP contribution in [0.3, 0.4) is 0 Å². The lowest BCUT2D eigenvalue weighted by molar-refractivity contribution is -0.570. The third-order valence-corrected chi connectivity index (χ3v) is 26.0. The SMILES string of the molecule is [2H]c1c([2H])c([2H])c([Si](c2c([2H])c([2H])c([2H])c([2H])c2[2H])(c2c([2H])c([2H])c([2H])c([2H])c2[2H])c2c([2H])c([2H])c([2H])c(-c3cc4c5c(c3)n(-c3cccc(Oc6ccc7c8ccccc8n(-c8cc(C(C)(C)C)ccn8)c7c6)c3)[c-][n+]5-c3c(-c5ccc(C(C)(C)C)cc5)cc(-c5c(C([2H])([2H])[2H])cccc5C([2H])([2H])[2H])cc3-c3cc5c(cc3-c3ccccc3-4)C(C)(C)CCC5(C)C)c2[2H])c([2H])c1[2H]. The van der Waals surface area contributed by atoms with Gasteiger partial charge < -0.3 is 4.74 Å². The van der Waals surface area contributed by atoms with E-state index in [2.05, 4.69) is 104 Å². The summed E-state index contributed by atoms with van der Waals surface area (Å²) in [6, 6.07) is 35.6. The highest BCUT2D eigenvalue weighted by Crippen LogP contribution is 2.54. The first-order valence-electron chi connectivity index (χ1n) is 48.8. The number of rotatable bonds is 11. The van der Waals surface area contributed by atoms with Crippen LogP contribution in [0.15, 0.2) is 303 Å².